The highest BCUT2D eigenvalue weighted by Crippen LogP contribution is 2.30. The number of benzene rings is 2. The third-order valence-corrected chi connectivity index (χ3v) is 7.38. The summed E-state index contributed by atoms with van der Waals surface area (Å²) in [5, 5.41) is 2.72. The van der Waals surface area contributed by atoms with E-state index in [0.29, 0.717) is 30.2 Å². The number of primary amides is 1. The first-order valence-corrected chi connectivity index (χ1v) is 12.3. The number of carbonyl (C=O) groups is 2. The van der Waals surface area contributed by atoms with Crippen LogP contribution >= 0.6 is 0 Å². The Bertz CT molecular complexity index is 1160. The number of methoxy groups -OCH3 is 1. The molecule has 3 rings (SSSR count). The molecule has 3 N–H and O–H groups in total. The van der Waals surface area contributed by atoms with Crippen molar-refractivity contribution in [2.75, 3.05) is 51.1 Å². The van der Waals surface area contributed by atoms with Gasteiger partial charge in [0.25, 0.3) is 11.8 Å². The Balaban J connectivity index is 1.79. The summed E-state index contributed by atoms with van der Waals surface area (Å²) < 4.78 is 38.3. The lowest BCUT2D eigenvalue weighted by Crippen LogP contribution is -2.35. The van der Waals surface area contributed by atoms with Gasteiger partial charge in [0.15, 0.2) is 6.61 Å². The number of hydrogen-bond acceptors (Lipinski definition) is 7. The molecule has 0 atom stereocenters. The zero-order valence-electron chi connectivity index (χ0n) is 19.5. The van der Waals surface area contributed by atoms with Gasteiger partial charge in [-0.15, -0.1) is 0 Å². The van der Waals surface area contributed by atoms with Gasteiger partial charge in [0.2, 0.25) is 10.0 Å². The highest BCUT2D eigenvalue weighted by atomic mass is 32.2. The van der Waals surface area contributed by atoms with Crippen molar-refractivity contribution in [2.45, 2.75) is 24.2 Å². The van der Waals surface area contributed by atoms with Gasteiger partial charge in [0.05, 0.1) is 28.9 Å². The fraction of sp³-hybridized carbons (Fsp3) is 0.391. The topological polar surface area (TPSA) is 131 Å². The van der Waals surface area contributed by atoms with Crippen LogP contribution in [0.1, 0.15) is 29.6 Å². The minimum atomic E-state index is -3.67. The molecule has 2 amide bonds. The van der Waals surface area contributed by atoms with Crippen LogP contribution in [-0.4, -0.2) is 65.4 Å². The maximum atomic E-state index is 13.1. The summed E-state index contributed by atoms with van der Waals surface area (Å²) in [6, 6.07) is 9.15. The molecular weight excluding hydrogens is 460 g/mol. The van der Waals surface area contributed by atoms with E-state index in [0.717, 1.165) is 19.3 Å². The number of nitrogens with one attached hydrogen (secondary N) is 1. The molecule has 11 heteroatoms. The van der Waals surface area contributed by atoms with Crippen molar-refractivity contribution in [3.8, 4) is 11.5 Å². The van der Waals surface area contributed by atoms with Crippen LogP contribution in [0.5, 0.6) is 11.5 Å². The highest BCUT2D eigenvalue weighted by Gasteiger charge is 2.27. The molecule has 1 aliphatic heterocycles. The lowest BCUT2D eigenvalue weighted by molar-refractivity contribution is -0.118. The van der Waals surface area contributed by atoms with Crippen molar-refractivity contribution in [3.63, 3.8) is 0 Å². The molecule has 0 spiro atoms. The van der Waals surface area contributed by atoms with E-state index in [-0.39, 0.29) is 16.2 Å². The molecule has 2 aromatic rings. The number of ether oxygens (including phenoxy) is 2. The first-order valence-electron chi connectivity index (χ1n) is 10.9. The number of carbonyl (C=O) groups excluding carboxylic acids is 2. The van der Waals surface area contributed by atoms with E-state index < -0.39 is 28.4 Å². The molecule has 1 fully saturated rings. The molecule has 34 heavy (non-hydrogen) atoms. The maximum absolute atomic E-state index is 13.1. The summed E-state index contributed by atoms with van der Waals surface area (Å²) in [5.41, 5.74) is 6.45. The van der Waals surface area contributed by atoms with Gasteiger partial charge in [0, 0.05) is 27.2 Å². The van der Waals surface area contributed by atoms with Gasteiger partial charge in [-0.05, 0) is 49.2 Å². The van der Waals surface area contributed by atoms with Crippen molar-refractivity contribution < 1.29 is 27.5 Å². The van der Waals surface area contributed by atoms with Crippen LogP contribution in [0.15, 0.2) is 41.3 Å². The number of piperidine rings is 1. The fourth-order valence-electron chi connectivity index (χ4n) is 3.70. The van der Waals surface area contributed by atoms with E-state index >= 15 is 0 Å². The quantitative estimate of drug-likeness (QED) is 0.550. The molecule has 0 aliphatic carbocycles. The van der Waals surface area contributed by atoms with Crippen molar-refractivity contribution >= 4 is 33.2 Å². The average Bonchev–Trinajstić information content (AvgIpc) is 2.82. The summed E-state index contributed by atoms with van der Waals surface area (Å²) in [7, 11) is 1.36. The predicted octanol–water partition coefficient (Wildman–Crippen LogP) is 2.05. The number of sulfonamides is 1. The molecule has 2 aromatic carbocycles. The normalized spacial score (nSPS) is 14.3. The third-order valence-electron chi connectivity index (χ3n) is 5.49. The number of nitrogens with zero attached hydrogens (tertiary/aromatic N) is 2. The Morgan fingerprint density at radius 1 is 1.09 bits per heavy atom. The standard InChI is InChI=1S/C23H30N4O6S/c1-26(2)20-9-8-17(34(30,31)27-11-5-4-6-12-27)14-19(20)25-22(28)15-33-21-10-7-16(32-3)13-18(21)23(24)29/h7-10,13-14H,4-6,11-12,15H2,1-3H3,(H2,24,29)(H,25,28). The van der Waals surface area contributed by atoms with Crippen LogP contribution in [0.4, 0.5) is 11.4 Å². The summed E-state index contributed by atoms with van der Waals surface area (Å²) in [5.74, 6) is -0.688. The highest BCUT2D eigenvalue weighted by molar-refractivity contribution is 7.89. The van der Waals surface area contributed by atoms with Crippen molar-refractivity contribution in [2.24, 2.45) is 5.73 Å². The smallest absolute Gasteiger partial charge is 0.262 e. The lowest BCUT2D eigenvalue weighted by Gasteiger charge is -2.26. The van der Waals surface area contributed by atoms with E-state index in [2.05, 4.69) is 5.32 Å². The average molecular weight is 491 g/mol. The molecule has 0 unspecified atom stereocenters. The molecule has 0 bridgehead atoms. The van der Waals surface area contributed by atoms with Gasteiger partial charge >= 0.3 is 0 Å². The molecular formula is C23H30N4O6S. The number of amides is 2. The van der Waals surface area contributed by atoms with E-state index in [1.807, 2.05) is 0 Å². The van der Waals surface area contributed by atoms with Crippen molar-refractivity contribution in [1.29, 1.82) is 0 Å². The van der Waals surface area contributed by atoms with Crippen molar-refractivity contribution in [3.05, 3.63) is 42.0 Å². The molecule has 1 aliphatic rings. The molecule has 0 aromatic heterocycles. The van der Waals surface area contributed by atoms with Gasteiger partial charge in [-0.25, -0.2) is 8.42 Å². The Morgan fingerprint density at radius 2 is 1.79 bits per heavy atom. The second kappa shape index (κ2) is 10.7. The Hall–Kier alpha value is -3.31. The van der Waals surface area contributed by atoms with Crippen LogP contribution in [0, 0.1) is 0 Å². The van der Waals surface area contributed by atoms with Gasteiger partial charge in [-0.3, -0.25) is 9.59 Å². The monoisotopic (exact) mass is 490 g/mol. The number of nitrogens with two attached hydrogens (primary N) is 1. The summed E-state index contributed by atoms with van der Waals surface area (Å²) in [4.78, 5) is 26.3. The largest absolute Gasteiger partial charge is 0.497 e. The summed E-state index contributed by atoms with van der Waals surface area (Å²) >= 11 is 0. The van der Waals surface area contributed by atoms with Crippen LogP contribution in [0.25, 0.3) is 0 Å². The molecule has 184 valence electrons. The molecule has 1 saturated heterocycles. The Kier molecular flexibility index (Phi) is 8.00. The van der Waals surface area contributed by atoms with Gasteiger partial charge in [-0.1, -0.05) is 6.42 Å². The summed E-state index contributed by atoms with van der Waals surface area (Å²) in [6.45, 7) is 0.553. The zero-order chi connectivity index (χ0) is 24.9. The third kappa shape index (κ3) is 5.78. The van der Waals surface area contributed by atoms with Gasteiger partial charge in [0.1, 0.15) is 11.5 Å². The van der Waals surface area contributed by atoms with Crippen LogP contribution in [0.3, 0.4) is 0 Å². The van der Waals surface area contributed by atoms with Gasteiger partial charge in [-0.2, -0.15) is 4.31 Å². The number of rotatable bonds is 9. The fourth-order valence-corrected chi connectivity index (χ4v) is 5.25. The second-order valence-corrected chi connectivity index (χ2v) is 10.0. The predicted molar refractivity (Wildman–Crippen MR) is 129 cm³/mol. The maximum Gasteiger partial charge on any atom is 0.262 e. The number of anilines is 2. The number of hydrogen-bond donors (Lipinski definition) is 2. The second-order valence-electron chi connectivity index (χ2n) is 8.10. The zero-order valence-corrected chi connectivity index (χ0v) is 20.4. The molecule has 10 nitrogen and oxygen atoms in total. The molecule has 0 radical (unpaired) electrons. The molecule has 0 saturated carbocycles. The van der Waals surface area contributed by atoms with Crippen LogP contribution in [0.2, 0.25) is 0 Å². The first kappa shape index (κ1) is 25.3. The van der Waals surface area contributed by atoms with E-state index in [1.165, 1.54) is 29.6 Å². The SMILES string of the molecule is COc1ccc(OCC(=O)Nc2cc(S(=O)(=O)N3CCCCC3)ccc2N(C)C)c(C(N)=O)c1. The van der Waals surface area contributed by atoms with Crippen LogP contribution in [-0.2, 0) is 14.8 Å². The van der Waals surface area contributed by atoms with E-state index in [4.69, 9.17) is 15.2 Å². The van der Waals surface area contributed by atoms with Gasteiger partial charge < -0.3 is 25.4 Å². The minimum Gasteiger partial charge on any atom is -0.497 e. The Labute approximate surface area is 199 Å². The first-order chi connectivity index (χ1) is 16.1. The Morgan fingerprint density at radius 3 is 2.41 bits per heavy atom. The van der Waals surface area contributed by atoms with E-state index in [1.54, 1.807) is 37.2 Å². The van der Waals surface area contributed by atoms with Crippen LogP contribution < -0.4 is 25.4 Å². The van der Waals surface area contributed by atoms with Crippen molar-refractivity contribution in [1.82, 2.24) is 4.31 Å². The minimum absolute atomic E-state index is 0.0794. The van der Waals surface area contributed by atoms with E-state index in [9.17, 15) is 18.0 Å². The lowest BCUT2D eigenvalue weighted by atomic mass is 10.2. The summed E-state index contributed by atoms with van der Waals surface area (Å²) in [6.07, 6.45) is 2.67. The molecule has 1 heterocycles.